The summed E-state index contributed by atoms with van der Waals surface area (Å²) in [6, 6.07) is 5.10. The van der Waals surface area contributed by atoms with Crippen LogP contribution in [-0.4, -0.2) is 62.7 Å². The Morgan fingerprint density at radius 3 is 2.32 bits per heavy atom. The zero-order chi connectivity index (χ0) is 18.7. The van der Waals surface area contributed by atoms with Crippen molar-refractivity contribution in [1.82, 2.24) is 8.61 Å². The predicted molar refractivity (Wildman–Crippen MR) is 91.1 cm³/mol. The molecule has 1 fully saturated rings. The summed E-state index contributed by atoms with van der Waals surface area (Å²) in [6.45, 7) is 1.94. The third-order valence-electron chi connectivity index (χ3n) is 3.93. The molecule has 1 aliphatic rings. The largest absolute Gasteiger partial charge is 0.480 e. The van der Waals surface area contributed by atoms with Crippen molar-refractivity contribution in [1.29, 1.82) is 0 Å². The number of nitrogens with zero attached hydrogens (tertiary/aromatic N) is 2. The maximum absolute atomic E-state index is 12.7. The highest BCUT2D eigenvalue weighted by atomic mass is 32.2. The first kappa shape index (κ1) is 19.8. The van der Waals surface area contributed by atoms with Gasteiger partial charge in [-0.1, -0.05) is 13.0 Å². The van der Waals surface area contributed by atoms with Gasteiger partial charge in [0.25, 0.3) is 0 Å². The molecular weight excluding hydrogens is 368 g/mol. The first-order chi connectivity index (χ1) is 11.7. The molecule has 0 bridgehead atoms. The van der Waals surface area contributed by atoms with Gasteiger partial charge in [-0.25, -0.2) is 16.8 Å². The van der Waals surface area contributed by atoms with Gasteiger partial charge in [0.05, 0.1) is 9.79 Å². The number of aliphatic carboxylic acids is 1. The normalized spacial score (nSPS) is 16.4. The van der Waals surface area contributed by atoms with Gasteiger partial charge in [0.1, 0.15) is 6.54 Å². The van der Waals surface area contributed by atoms with Gasteiger partial charge in [-0.05, 0) is 37.5 Å². The van der Waals surface area contributed by atoms with Crippen LogP contribution in [0.15, 0.2) is 34.1 Å². The van der Waals surface area contributed by atoms with Gasteiger partial charge >= 0.3 is 5.97 Å². The van der Waals surface area contributed by atoms with Gasteiger partial charge in [-0.2, -0.15) is 8.61 Å². The van der Waals surface area contributed by atoms with Crippen molar-refractivity contribution in [2.75, 3.05) is 26.2 Å². The zero-order valence-electron chi connectivity index (χ0n) is 14.0. The first-order valence-corrected chi connectivity index (χ1v) is 10.9. The predicted octanol–water partition coefficient (Wildman–Crippen LogP) is 0.956. The molecule has 140 valence electrons. The Hall–Kier alpha value is -1.49. The van der Waals surface area contributed by atoms with Gasteiger partial charge < -0.3 is 5.11 Å². The van der Waals surface area contributed by atoms with E-state index in [2.05, 4.69) is 0 Å². The lowest BCUT2D eigenvalue weighted by molar-refractivity contribution is -0.137. The molecule has 1 aliphatic heterocycles. The molecule has 0 spiro atoms. The van der Waals surface area contributed by atoms with Crippen LogP contribution in [0.2, 0.25) is 0 Å². The average molecular weight is 390 g/mol. The fourth-order valence-electron chi connectivity index (χ4n) is 2.71. The molecule has 1 saturated heterocycles. The minimum absolute atomic E-state index is 0.0394. The second kappa shape index (κ2) is 7.81. The second-order valence-corrected chi connectivity index (χ2v) is 9.69. The number of carboxylic acids is 1. The third kappa shape index (κ3) is 4.38. The van der Waals surface area contributed by atoms with Crippen LogP contribution in [0.3, 0.4) is 0 Å². The minimum Gasteiger partial charge on any atom is -0.480 e. The van der Waals surface area contributed by atoms with E-state index in [1.54, 1.807) is 6.92 Å². The van der Waals surface area contributed by atoms with E-state index in [1.165, 1.54) is 22.5 Å². The van der Waals surface area contributed by atoms with Gasteiger partial charge in [-0.3, -0.25) is 4.79 Å². The van der Waals surface area contributed by atoms with E-state index < -0.39 is 32.6 Å². The van der Waals surface area contributed by atoms with E-state index in [4.69, 9.17) is 5.11 Å². The van der Waals surface area contributed by atoms with Crippen molar-refractivity contribution in [3.8, 4) is 0 Å². The Morgan fingerprint density at radius 1 is 1.16 bits per heavy atom. The molecule has 0 saturated carbocycles. The third-order valence-corrected chi connectivity index (χ3v) is 7.67. The monoisotopic (exact) mass is 390 g/mol. The molecule has 10 heteroatoms. The number of carbonyl (C=O) groups is 1. The van der Waals surface area contributed by atoms with Gasteiger partial charge in [0.15, 0.2) is 0 Å². The summed E-state index contributed by atoms with van der Waals surface area (Å²) in [4.78, 5) is 10.6. The van der Waals surface area contributed by atoms with E-state index >= 15 is 0 Å². The Labute approximate surface area is 148 Å². The zero-order valence-corrected chi connectivity index (χ0v) is 15.6. The van der Waals surface area contributed by atoms with E-state index in [9.17, 15) is 21.6 Å². The standard InChI is InChI=1S/C15H22N2O6S2/c1-2-8-17(12-15(18)19)25(22,23)14-7-5-6-13(11-14)24(20,21)16-9-3-4-10-16/h5-7,11H,2-4,8-10,12H2,1H3,(H,18,19). The molecule has 0 aromatic heterocycles. The van der Waals surface area contributed by atoms with Crippen molar-refractivity contribution in [3.05, 3.63) is 24.3 Å². The summed E-state index contributed by atoms with van der Waals surface area (Å²) in [5.41, 5.74) is 0. The topological polar surface area (TPSA) is 112 Å². The summed E-state index contributed by atoms with van der Waals surface area (Å²) in [6.07, 6.45) is 2.00. The Balaban J connectivity index is 2.40. The maximum atomic E-state index is 12.7. The molecule has 0 atom stereocenters. The fourth-order valence-corrected chi connectivity index (χ4v) is 5.87. The molecule has 8 nitrogen and oxygen atoms in total. The number of sulfonamides is 2. The summed E-state index contributed by atoms with van der Waals surface area (Å²) in [5, 5.41) is 8.94. The lowest BCUT2D eigenvalue weighted by Crippen LogP contribution is -2.36. The van der Waals surface area contributed by atoms with Crippen LogP contribution in [0.1, 0.15) is 26.2 Å². The van der Waals surface area contributed by atoms with Crippen molar-refractivity contribution in [2.45, 2.75) is 36.0 Å². The molecule has 1 aromatic rings. The van der Waals surface area contributed by atoms with Crippen LogP contribution in [0, 0.1) is 0 Å². The van der Waals surface area contributed by atoms with E-state index in [-0.39, 0.29) is 16.3 Å². The number of hydrogen-bond acceptors (Lipinski definition) is 5. The number of benzene rings is 1. The first-order valence-electron chi connectivity index (χ1n) is 8.01. The lowest BCUT2D eigenvalue weighted by Gasteiger charge is -2.20. The summed E-state index contributed by atoms with van der Waals surface area (Å²) < 4.78 is 52.8. The Bertz CT molecular complexity index is 829. The van der Waals surface area contributed by atoms with E-state index in [0.717, 1.165) is 23.2 Å². The highest BCUT2D eigenvalue weighted by Gasteiger charge is 2.30. The van der Waals surface area contributed by atoms with E-state index in [0.29, 0.717) is 19.5 Å². The Kier molecular flexibility index (Phi) is 6.20. The van der Waals surface area contributed by atoms with E-state index in [1.807, 2.05) is 0 Å². The van der Waals surface area contributed by atoms with Crippen LogP contribution < -0.4 is 0 Å². The molecule has 0 amide bonds. The van der Waals surface area contributed by atoms with Crippen LogP contribution in [0.5, 0.6) is 0 Å². The number of hydrogen-bond donors (Lipinski definition) is 1. The van der Waals surface area contributed by atoms with Crippen LogP contribution in [0.4, 0.5) is 0 Å². The summed E-state index contributed by atoms with van der Waals surface area (Å²) >= 11 is 0. The smallest absolute Gasteiger partial charge is 0.318 e. The molecule has 1 aromatic carbocycles. The SMILES string of the molecule is CCCN(CC(=O)O)S(=O)(=O)c1cccc(S(=O)(=O)N2CCCC2)c1. The fraction of sp³-hybridized carbons (Fsp3) is 0.533. The molecule has 0 unspecified atom stereocenters. The van der Waals surface area contributed by atoms with Crippen molar-refractivity contribution in [3.63, 3.8) is 0 Å². The van der Waals surface area contributed by atoms with Crippen molar-refractivity contribution >= 4 is 26.0 Å². The molecule has 2 rings (SSSR count). The van der Waals surface area contributed by atoms with Crippen molar-refractivity contribution in [2.24, 2.45) is 0 Å². The maximum Gasteiger partial charge on any atom is 0.318 e. The van der Waals surface area contributed by atoms with Crippen LogP contribution >= 0.6 is 0 Å². The summed E-state index contributed by atoms with van der Waals surface area (Å²) in [5.74, 6) is -1.27. The average Bonchev–Trinajstić information content (AvgIpc) is 3.09. The molecule has 0 radical (unpaired) electrons. The van der Waals surface area contributed by atoms with Crippen LogP contribution in [-0.2, 0) is 24.8 Å². The quantitative estimate of drug-likeness (QED) is 0.707. The Morgan fingerprint density at radius 2 is 1.76 bits per heavy atom. The van der Waals surface area contributed by atoms with Crippen LogP contribution in [0.25, 0.3) is 0 Å². The lowest BCUT2D eigenvalue weighted by atomic mass is 10.4. The van der Waals surface area contributed by atoms with Crippen molar-refractivity contribution < 1.29 is 26.7 Å². The molecule has 0 aliphatic carbocycles. The second-order valence-electron chi connectivity index (χ2n) is 5.82. The van der Waals surface area contributed by atoms with Gasteiger partial charge in [0, 0.05) is 19.6 Å². The van der Waals surface area contributed by atoms with Gasteiger partial charge in [-0.15, -0.1) is 0 Å². The van der Waals surface area contributed by atoms with Gasteiger partial charge in [0.2, 0.25) is 20.0 Å². The summed E-state index contributed by atoms with van der Waals surface area (Å²) in [7, 11) is -7.84. The highest BCUT2D eigenvalue weighted by molar-refractivity contribution is 7.90. The highest BCUT2D eigenvalue weighted by Crippen LogP contribution is 2.24. The molecule has 1 N–H and O–H groups in total. The molecule has 1 heterocycles. The number of carboxylic acid groups (broad SMARTS) is 1. The molecule has 25 heavy (non-hydrogen) atoms. The minimum atomic E-state index is -4.10. The molecular formula is C15H22N2O6S2. The number of rotatable bonds is 8.